The van der Waals surface area contributed by atoms with Gasteiger partial charge in [-0.25, -0.2) is 13.4 Å². The summed E-state index contributed by atoms with van der Waals surface area (Å²) in [6.07, 6.45) is 2.79. The zero-order valence-corrected chi connectivity index (χ0v) is 12.2. The van der Waals surface area contributed by atoms with Gasteiger partial charge >= 0.3 is 0 Å². The molecule has 0 aliphatic heterocycles. The van der Waals surface area contributed by atoms with Gasteiger partial charge in [0.05, 0.1) is 4.90 Å². The molecule has 0 spiro atoms. The largest absolute Gasteiger partial charge is 0.439 e. The molecule has 0 amide bonds. The first kappa shape index (κ1) is 14.3. The van der Waals surface area contributed by atoms with E-state index in [4.69, 9.17) is 4.74 Å². The Hall–Kier alpha value is -2.15. The van der Waals surface area contributed by atoms with Crippen molar-refractivity contribution in [2.45, 2.75) is 11.8 Å². The summed E-state index contributed by atoms with van der Waals surface area (Å²) < 4.78 is 28.7. The van der Waals surface area contributed by atoms with Crippen LogP contribution in [0.2, 0.25) is 0 Å². The second-order valence-corrected chi connectivity index (χ2v) is 6.30. The molecule has 1 heterocycles. The lowest BCUT2D eigenvalue weighted by Crippen LogP contribution is -2.01. The minimum Gasteiger partial charge on any atom is -0.439 e. The third kappa shape index (κ3) is 3.24. The SMILES string of the molecule is CNc1ncc(C)c(Oc2cccc(S(C)(=O)=O)c2)n1. The molecule has 0 fully saturated rings. The van der Waals surface area contributed by atoms with Crippen molar-refractivity contribution < 1.29 is 13.2 Å². The van der Waals surface area contributed by atoms with Crippen LogP contribution in [0.1, 0.15) is 5.56 Å². The molecule has 20 heavy (non-hydrogen) atoms. The topological polar surface area (TPSA) is 81.2 Å². The number of hydrogen-bond acceptors (Lipinski definition) is 6. The van der Waals surface area contributed by atoms with Gasteiger partial charge in [-0.3, -0.25) is 0 Å². The average Bonchev–Trinajstić information content (AvgIpc) is 2.41. The van der Waals surface area contributed by atoms with E-state index in [1.165, 1.54) is 12.1 Å². The van der Waals surface area contributed by atoms with Gasteiger partial charge < -0.3 is 10.1 Å². The number of sulfone groups is 1. The summed E-state index contributed by atoms with van der Waals surface area (Å²) in [6.45, 7) is 1.81. The molecule has 2 rings (SSSR count). The highest BCUT2D eigenvalue weighted by Crippen LogP contribution is 2.25. The van der Waals surface area contributed by atoms with Crippen molar-refractivity contribution in [1.82, 2.24) is 9.97 Å². The molecule has 0 saturated carbocycles. The van der Waals surface area contributed by atoms with E-state index in [1.54, 1.807) is 25.4 Å². The number of nitrogens with zero attached hydrogens (tertiary/aromatic N) is 2. The molecular weight excluding hydrogens is 278 g/mol. The van der Waals surface area contributed by atoms with E-state index in [1.807, 2.05) is 6.92 Å². The van der Waals surface area contributed by atoms with E-state index in [0.29, 0.717) is 17.6 Å². The fourth-order valence-electron chi connectivity index (χ4n) is 1.53. The minimum atomic E-state index is -3.27. The summed E-state index contributed by atoms with van der Waals surface area (Å²) in [7, 11) is -1.56. The predicted octanol–water partition coefficient (Wildman–Crippen LogP) is 2.02. The van der Waals surface area contributed by atoms with Crippen molar-refractivity contribution in [2.24, 2.45) is 0 Å². The molecule has 0 bridgehead atoms. The number of benzene rings is 1. The Labute approximate surface area is 117 Å². The molecule has 2 aromatic rings. The Morgan fingerprint density at radius 2 is 2.05 bits per heavy atom. The summed E-state index contributed by atoms with van der Waals surface area (Å²) in [5.74, 6) is 1.23. The van der Waals surface area contributed by atoms with Crippen LogP contribution in [0, 0.1) is 6.92 Å². The number of nitrogens with one attached hydrogen (secondary N) is 1. The van der Waals surface area contributed by atoms with Crippen LogP contribution in [0.5, 0.6) is 11.6 Å². The van der Waals surface area contributed by atoms with Gasteiger partial charge in [-0.1, -0.05) is 6.07 Å². The minimum absolute atomic E-state index is 0.204. The number of aryl methyl sites for hydroxylation is 1. The standard InChI is InChI=1S/C13H15N3O3S/c1-9-8-15-13(14-2)16-12(9)19-10-5-4-6-11(7-10)20(3,17)18/h4-8H,1-3H3,(H,14,15,16). The van der Waals surface area contributed by atoms with Crippen molar-refractivity contribution in [3.05, 3.63) is 36.0 Å². The third-order valence-corrected chi connectivity index (χ3v) is 3.71. The van der Waals surface area contributed by atoms with Crippen LogP contribution >= 0.6 is 0 Å². The van der Waals surface area contributed by atoms with Gasteiger partial charge in [-0.15, -0.1) is 0 Å². The second kappa shape index (κ2) is 5.46. The normalized spacial score (nSPS) is 11.2. The number of aromatic nitrogens is 2. The van der Waals surface area contributed by atoms with Gasteiger partial charge in [0.2, 0.25) is 11.8 Å². The Morgan fingerprint density at radius 1 is 1.30 bits per heavy atom. The summed E-state index contributed by atoms with van der Waals surface area (Å²) in [5, 5.41) is 2.82. The fraction of sp³-hybridized carbons (Fsp3) is 0.231. The zero-order chi connectivity index (χ0) is 14.8. The molecule has 0 atom stereocenters. The number of hydrogen-bond donors (Lipinski definition) is 1. The van der Waals surface area contributed by atoms with Gasteiger partial charge in [0, 0.05) is 25.1 Å². The number of ether oxygens (including phenoxy) is 1. The molecule has 7 heteroatoms. The van der Waals surface area contributed by atoms with E-state index < -0.39 is 9.84 Å². The monoisotopic (exact) mass is 293 g/mol. The van der Waals surface area contributed by atoms with Crippen LogP contribution in [0.4, 0.5) is 5.95 Å². The third-order valence-electron chi connectivity index (χ3n) is 2.60. The molecule has 0 radical (unpaired) electrons. The predicted molar refractivity (Wildman–Crippen MR) is 75.9 cm³/mol. The summed E-state index contributed by atoms with van der Waals surface area (Å²) in [4.78, 5) is 8.45. The van der Waals surface area contributed by atoms with Gasteiger partial charge in [-0.05, 0) is 25.1 Å². The highest BCUT2D eigenvalue weighted by Gasteiger charge is 2.10. The van der Waals surface area contributed by atoms with Crippen molar-refractivity contribution in [3.63, 3.8) is 0 Å². The van der Waals surface area contributed by atoms with Crippen molar-refractivity contribution in [3.8, 4) is 11.6 Å². The maximum absolute atomic E-state index is 11.5. The van der Waals surface area contributed by atoms with Gasteiger partial charge in [-0.2, -0.15) is 4.98 Å². The van der Waals surface area contributed by atoms with E-state index in [-0.39, 0.29) is 4.90 Å². The fourth-order valence-corrected chi connectivity index (χ4v) is 2.19. The number of rotatable bonds is 4. The molecule has 0 saturated heterocycles. The first-order valence-corrected chi connectivity index (χ1v) is 7.78. The first-order valence-electron chi connectivity index (χ1n) is 5.89. The average molecular weight is 293 g/mol. The molecule has 1 aromatic carbocycles. The Kier molecular flexibility index (Phi) is 3.89. The lowest BCUT2D eigenvalue weighted by Gasteiger charge is -2.09. The van der Waals surface area contributed by atoms with Gasteiger partial charge in [0.15, 0.2) is 9.84 Å². The van der Waals surface area contributed by atoms with E-state index in [0.717, 1.165) is 11.8 Å². The highest BCUT2D eigenvalue weighted by molar-refractivity contribution is 7.90. The Balaban J connectivity index is 2.35. The zero-order valence-electron chi connectivity index (χ0n) is 11.4. The maximum Gasteiger partial charge on any atom is 0.226 e. The van der Waals surface area contributed by atoms with Crippen LogP contribution in [-0.4, -0.2) is 31.7 Å². The second-order valence-electron chi connectivity index (χ2n) is 4.28. The summed E-state index contributed by atoms with van der Waals surface area (Å²) in [5.41, 5.74) is 0.758. The number of anilines is 1. The highest BCUT2D eigenvalue weighted by atomic mass is 32.2. The lowest BCUT2D eigenvalue weighted by molar-refractivity contribution is 0.456. The molecule has 0 unspecified atom stereocenters. The maximum atomic E-state index is 11.5. The van der Waals surface area contributed by atoms with E-state index >= 15 is 0 Å². The summed E-state index contributed by atoms with van der Waals surface area (Å²) >= 11 is 0. The van der Waals surface area contributed by atoms with Crippen molar-refractivity contribution >= 4 is 15.8 Å². The van der Waals surface area contributed by atoms with Crippen LogP contribution in [0.15, 0.2) is 35.4 Å². The van der Waals surface area contributed by atoms with Crippen LogP contribution in [0.3, 0.4) is 0 Å². The molecule has 1 N–H and O–H groups in total. The van der Waals surface area contributed by atoms with Crippen molar-refractivity contribution in [1.29, 1.82) is 0 Å². The van der Waals surface area contributed by atoms with E-state index in [9.17, 15) is 8.42 Å². The molecule has 106 valence electrons. The molecular formula is C13H15N3O3S. The Bertz CT molecular complexity index is 729. The quantitative estimate of drug-likeness (QED) is 0.929. The smallest absolute Gasteiger partial charge is 0.226 e. The van der Waals surface area contributed by atoms with Gasteiger partial charge in [0.25, 0.3) is 0 Å². The lowest BCUT2D eigenvalue weighted by atomic mass is 10.3. The van der Waals surface area contributed by atoms with Crippen LogP contribution in [0.25, 0.3) is 0 Å². The van der Waals surface area contributed by atoms with Gasteiger partial charge in [0.1, 0.15) is 5.75 Å². The molecule has 6 nitrogen and oxygen atoms in total. The van der Waals surface area contributed by atoms with Crippen molar-refractivity contribution in [2.75, 3.05) is 18.6 Å². The molecule has 1 aromatic heterocycles. The first-order chi connectivity index (χ1) is 9.40. The molecule has 0 aliphatic carbocycles. The summed E-state index contributed by atoms with van der Waals surface area (Å²) in [6, 6.07) is 6.29. The van der Waals surface area contributed by atoms with Crippen LogP contribution in [-0.2, 0) is 9.84 Å². The van der Waals surface area contributed by atoms with E-state index in [2.05, 4.69) is 15.3 Å². The van der Waals surface area contributed by atoms with Crippen LogP contribution < -0.4 is 10.1 Å². The molecule has 0 aliphatic rings. The Morgan fingerprint density at radius 3 is 2.70 bits per heavy atom.